The Balaban J connectivity index is 1.80. The monoisotopic (exact) mass is 431 g/mol. The number of amides is 1. The van der Waals surface area contributed by atoms with E-state index in [2.05, 4.69) is 31.0 Å². The van der Waals surface area contributed by atoms with Crippen LogP contribution in [0.2, 0.25) is 0 Å². The first kappa shape index (κ1) is 21.7. The fourth-order valence-corrected chi connectivity index (χ4v) is 4.73. The Morgan fingerprint density at radius 3 is 2.52 bits per heavy atom. The Labute approximate surface area is 179 Å². The zero-order valence-corrected chi connectivity index (χ0v) is 18.8. The molecule has 1 heterocycles. The van der Waals surface area contributed by atoms with E-state index in [1.54, 1.807) is 22.7 Å². The molecule has 7 heteroatoms. The molecule has 0 atom stereocenters. The zero-order valence-electron chi connectivity index (χ0n) is 17.2. The molecular formula is C22H26FN3OS2. The molecule has 0 N–H and O–H groups in total. The third-order valence-corrected chi connectivity index (χ3v) is 6.35. The molecule has 0 aliphatic carbocycles. The maximum atomic E-state index is 13.5. The molecule has 0 saturated carbocycles. The average Bonchev–Trinajstić information content (AvgIpc) is 3.05. The average molecular weight is 432 g/mol. The second-order valence-electron chi connectivity index (χ2n) is 7.44. The predicted octanol–water partition coefficient (Wildman–Crippen LogP) is 5.07. The highest BCUT2D eigenvalue weighted by atomic mass is 32.2. The lowest BCUT2D eigenvalue weighted by Gasteiger charge is -2.22. The first-order valence-corrected chi connectivity index (χ1v) is 11.3. The van der Waals surface area contributed by atoms with Crippen LogP contribution in [0.15, 0.2) is 47.4 Å². The molecule has 0 unspecified atom stereocenters. The number of carbonyl (C=O) groups is 1. The largest absolute Gasteiger partial charge is 0.308 e. The molecule has 3 rings (SSSR count). The Bertz CT molecular complexity index is 970. The molecule has 154 valence electrons. The van der Waals surface area contributed by atoms with Gasteiger partial charge in [0.15, 0.2) is 5.13 Å². The number of thiazole rings is 1. The fraction of sp³-hybridized carbons (Fsp3) is 0.364. The summed E-state index contributed by atoms with van der Waals surface area (Å²) in [5, 5.41) is 1.14. The van der Waals surface area contributed by atoms with E-state index >= 15 is 0 Å². The number of aromatic nitrogens is 1. The molecule has 0 bridgehead atoms. The lowest BCUT2D eigenvalue weighted by atomic mass is 10.1. The van der Waals surface area contributed by atoms with Crippen LogP contribution in [-0.4, -0.2) is 48.2 Å². The summed E-state index contributed by atoms with van der Waals surface area (Å²) in [5.41, 5.74) is 1.69. The van der Waals surface area contributed by atoms with Gasteiger partial charge in [0.05, 0.1) is 16.6 Å². The molecule has 29 heavy (non-hydrogen) atoms. The molecule has 0 aliphatic rings. The van der Waals surface area contributed by atoms with Gasteiger partial charge in [-0.05, 0) is 50.0 Å². The smallest absolute Gasteiger partial charge is 0.233 e. The normalized spacial score (nSPS) is 11.6. The standard InChI is InChI=1S/C22H26FN3OS2/c1-15(2)28-18-8-5-16(6-9-18)13-21(27)26(12-11-25(3)4)22-24-19-10-7-17(23)14-20(19)29-22/h5-10,14-15H,11-13H2,1-4H3. The molecule has 0 fully saturated rings. The third kappa shape index (κ3) is 6.01. The van der Waals surface area contributed by atoms with Crippen LogP contribution in [0, 0.1) is 5.82 Å². The highest BCUT2D eigenvalue weighted by Gasteiger charge is 2.20. The number of benzene rings is 2. The van der Waals surface area contributed by atoms with Crippen molar-refractivity contribution in [3.05, 3.63) is 53.8 Å². The molecule has 1 amide bonds. The van der Waals surface area contributed by atoms with Crippen LogP contribution in [-0.2, 0) is 11.2 Å². The summed E-state index contributed by atoms with van der Waals surface area (Å²) in [5.74, 6) is -0.297. The quantitative estimate of drug-likeness (QED) is 0.467. The summed E-state index contributed by atoms with van der Waals surface area (Å²) in [6, 6.07) is 12.7. The first-order valence-electron chi connectivity index (χ1n) is 9.58. The van der Waals surface area contributed by atoms with Crippen molar-refractivity contribution in [3.63, 3.8) is 0 Å². The summed E-state index contributed by atoms with van der Waals surface area (Å²) in [7, 11) is 3.95. The number of fused-ring (bicyclic) bond motifs is 1. The van der Waals surface area contributed by atoms with Crippen LogP contribution < -0.4 is 4.90 Å². The van der Waals surface area contributed by atoms with E-state index in [9.17, 15) is 9.18 Å². The van der Waals surface area contributed by atoms with E-state index in [1.807, 2.05) is 31.1 Å². The summed E-state index contributed by atoms with van der Waals surface area (Å²) in [6.07, 6.45) is 0.310. The zero-order chi connectivity index (χ0) is 21.0. The molecule has 0 aliphatic heterocycles. The summed E-state index contributed by atoms with van der Waals surface area (Å²) in [6.45, 7) is 5.58. The second-order valence-corrected chi connectivity index (χ2v) is 10.1. The van der Waals surface area contributed by atoms with Crippen LogP contribution in [0.1, 0.15) is 19.4 Å². The van der Waals surface area contributed by atoms with Crippen molar-refractivity contribution in [1.82, 2.24) is 9.88 Å². The Morgan fingerprint density at radius 1 is 1.14 bits per heavy atom. The first-order chi connectivity index (χ1) is 13.8. The van der Waals surface area contributed by atoms with E-state index in [4.69, 9.17) is 0 Å². The number of carbonyl (C=O) groups excluding carboxylic acids is 1. The Hall–Kier alpha value is -1.96. The van der Waals surface area contributed by atoms with E-state index in [0.29, 0.717) is 28.9 Å². The molecule has 0 saturated heterocycles. The van der Waals surface area contributed by atoms with E-state index in [0.717, 1.165) is 16.8 Å². The highest BCUT2D eigenvalue weighted by molar-refractivity contribution is 7.99. The van der Waals surface area contributed by atoms with Gasteiger partial charge in [-0.2, -0.15) is 0 Å². The molecule has 0 spiro atoms. The number of hydrogen-bond donors (Lipinski definition) is 0. The van der Waals surface area contributed by atoms with Gasteiger partial charge in [-0.3, -0.25) is 9.69 Å². The van der Waals surface area contributed by atoms with Crippen LogP contribution in [0.5, 0.6) is 0 Å². The molecule has 3 aromatic rings. The molecule has 0 radical (unpaired) electrons. The lowest BCUT2D eigenvalue weighted by molar-refractivity contribution is -0.118. The van der Waals surface area contributed by atoms with Gasteiger partial charge in [-0.1, -0.05) is 37.3 Å². The van der Waals surface area contributed by atoms with Gasteiger partial charge < -0.3 is 4.90 Å². The summed E-state index contributed by atoms with van der Waals surface area (Å²) < 4.78 is 14.3. The number of likely N-dealkylation sites (N-methyl/N-ethyl adjacent to an activating group) is 1. The van der Waals surface area contributed by atoms with Gasteiger partial charge >= 0.3 is 0 Å². The third-order valence-electron chi connectivity index (χ3n) is 4.29. The number of rotatable bonds is 8. The van der Waals surface area contributed by atoms with Crippen molar-refractivity contribution in [2.75, 3.05) is 32.1 Å². The maximum Gasteiger partial charge on any atom is 0.233 e. The van der Waals surface area contributed by atoms with Crippen molar-refractivity contribution in [3.8, 4) is 0 Å². The van der Waals surface area contributed by atoms with E-state index < -0.39 is 0 Å². The van der Waals surface area contributed by atoms with E-state index in [-0.39, 0.29) is 11.7 Å². The summed E-state index contributed by atoms with van der Waals surface area (Å²) in [4.78, 5) is 22.7. The fourth-order valence-electron chi connectivity index (χ4n) is 2.86. The van der Waals surface area contributed by atoms with Gasteiger partial charge in [0.1, 0.15) is 5.82 Å². The van der Waals surface area contributed by atoms with Gasteiger partial charge in [-0.15, -0.1) is 11.8 Å². The number of nitrogens with zero attached hydrogens (tertiary/aromatic N) is 3. The minimum Gasteiger partial charge on any atom is -0.308 e. The van der Waals surface area contributed by atoms with Crippen molar-refractivity contribution in [2.24, 2.45) is 0 Å². The summed E-state index contributed by atoms with van der Waals surface area (Å²) >= 11 is 3.16. The SMILES string of the molecule is CC(C)Sc1ccc(CC(=O)N(CCN(C)C)c2nc3ccc(F)cc3s2)cc1. The van der Waals surface area contributed by atoms with Gasteiger partial charge in [0.25, 0.3) is 0 Å². The lowest BCUT2D eigenvalue weighted by Crippen LogP contribution is -2.37. The molecular weight excluding hydrogens is 405 g/mol. The number of anilines is 1. The molecule has 2 aromatic carbocycles. The van der Waals surface area contributed by atoms with Crippen molar-refractivity contribution < 1.29 is 9.18 Å². The Morgan fingerprint density at radius 2 is 1.86 bits per heavy atom. The minimum atomic E-state index is -0.293. The van der Waals surface area contributed by atoms with Crippen molar-refractivity contribution in [2.45, 2.75) is 30.4 Å². The van der Waals surface area contributed by atoms with Crippen molar-refractivity contribution in [1.29, 1.82) is 0 Å². The van der Waals surface area contributed by atoms with Gasteiger partial charge in [-0.25, -0.2) is 9.37 Å². The van der Waals surface area contributed by atoms with Gasteiger partial charge in [0.2, 0.25) is 5.91 Å². The minimum absolute atomic E-state index is 0.00404. The van der Waals surface area contributed by atoms with Crippen molar-refractivity contribution >= 4 is 44.4 Å². The molecule has 4 nitrogen and oxygen atoms in total. The van der Waals surface area contributed by atoms with Crippen LogP contribution >= 0.6 is 23.1 Å². The maximum absolute atomic E-state index is 13.5. The predicted molar refractivity (Wildman–Crippen MR) is 122 cm³/mol. The number of thioether (sulfide) groups is 1. The number of halogens is 1. The topological polar surface area (TPSA) is 36.4 Å². The van der Waals surface area contributed by atoms with Crippen LogP contribution in [0.4, 0.5) is 9.52 Å². The Kier molecular flexibility index (Phi) is 7.27. The molecule has 1 aromatic heterocycles. The highest BCUT2D eigenvalue weighted by Crippen LogP contribution is 2.30. The van der Waals surface area contributed by atoms with Crippen LogP contribution in [0.3, 0.4) is 0 Å². The van der Waals surface area contributed by atoms with Crippen LogP contribution in [0.25, 0.3) is 10.2 Å². The number of hydrogen-bond acceptors (Lipinski definition) is 5. The second kappa shape index (κ2) is 9.69. The van der Waals surface area contributed by atoms with E-state index in [1.165, 1.54) is 28.4 Å². The van der Waals surface area contributed by atoms with Gasteiger partial charge in [0, 0.05) is 23.2 Å².